The number of hydrogen-bond acceptors (Lipinski definition) is 4. The number of ether oxygens (including phenoxy) is 2. The van der Waals surface area contributed by atoms with Crippen LogP contribution < -0.4 is 9.47 Å². The van der Waals surface area contributed by atoms with Crippen LogP contribution in [0.25, 0.3) is 11.1 Å². The Labute approximate surface area is 217 Å². The molecular weight excluding hydrogens is 466 g/mol. The van der Waals surface area contributed by atoms with E-state index in [1.54, 1.807) is 0 Å². The Hall–Kier alpha value is -3.80. The number of nitrogens with zero attached hydrogens (tertiary/aromatic N) is 1. The normalized spacial score (nSPS) is 16.1. The predicted molar refractivity (Wildman–Crippen MR) is 142 cm³/mol. The van der Waals surface area contributed by atoms with Crippen LogP contribution in [0.15, 0.2) is 72.8 Å². The van der Waals surface area contributed by atoms with Crippen LogP contribution in [0.1, 0.15) is 49.1 Å². The van der Waals surface area contributed by atoms with Crippen molar-refractivity contribution in [1.82, 2.24) is 4.90 Å². The second-order valence-corrected chi connectivity index (χ2v) is 9.96. The van der Waals surface area contributed by atoms with Gasteiger partial charge in [-0.05, 0) is 53.1 Å². The van der Waals surface area contributed by atoms with Gasteiger partial charge in [0.25, 0.3) is 0 Å². The first kappa shape index (κ1) is 24.9. The highest BCUT2D eigenvalue weighted by Gasteiger charge is 2.31. The third-order valence-electron chi connectivity index (χ3n) is 7.54. The van der Waals surface area contributed by atoms with Crippen LogP contribution in [-0.4, -0.2) is 41.6 Å². The highest BCUT2D eigenvalue weighted by Crippen LogP contribution is 2.39. The molecule has 1 N–H and O–H groups in total. The van der Waals surface area contributed by atoms with Gasteiger partial charge in [-0.15, -0.1) is 0 Å². The Morgan fingerprint density at radius 2 is 1.51 bits per heavy atom. The Morgan fingerprint density at radius 3 is 2.22 bits per heavy atom. The highest BCUT2D eigenvalue weighted by atomic mass is 16.6. The lowest BCUT2D eigenvalue weighted by Gasteiger charge is -2.34. The van der Waals surface area contributed by atoms with Gasteiger partial charge >= 0.3 is 11.9 Å². The van der Waals surface area contributed by atoms with E-state index >= 15 is 0 Å². The first-order chi connectivity index (χ1) is 18.1. The third kappa shape index (κ3) is 5.96. The zero-order chi connectivity index (χ0) is 25.6. The topological polar surface area (TPSA) is 76.1 Å². The maximum absolute atomic E-state index is 12.8. The molecule has 0 radical (unpaired) electrons. The van der Waals surface area contributed by atoms with Crippen molar-refractivity contribution in [3.05, 3.63) is 83.9 Å². The molecule has 5 rings (SSSR count). The van der Waals surface area contributed by atoms with Crippen molar-refractivity contribution in [2.75, 3.05) is 19.8 Å². The Morgan fingerprint density at radius 1 is 0.838 bits per heavy atom. The number of fused-ring (bicyclic) bond motifs is 1. The average molecular weight is 500 g/mol. The fourth-order valence-corrected chi connectivity index (χ4v) is 5.60. The van der Waals surface area contributed by atoms with Gasteiger partial charge in [-0.3, -0.25) is 4.79 Å². The fourth-order valence-electron chi connectivity index (χ4n) is 5.60. The van der Waals surface area contributed by atoms with Crippen molar-refractivity contribution in [1.29, 1.82) is 0 Å². The molecule has 1 unspecified atom stereocenters. The molecule has 0 spiro atoms. The Kier molecular flexibility index (Phi) is 7.73. The molecule has 6 nitrogen and oxygen atoms in total. The standard InChI is InChI=1S/C31H33NO5/c33-30(31(34)35)32(20-22-7-3-1-4-8-22)21-27(24-9-5-2-6-10-24)25-13-11-23(12-14-25)26-15-16-28-29(19-26)37-18-17-36-28/h1,3-4,7-8,11-16,19,24,27H,2,5-6,9-10,17-18,20-21H2,(H,34,35). The molecular formula is C31H33NO5. The van der Waals surface area contributed by atoms with Crippen LogP contribution in [0.4, 0.5) is 0 Å². The Balaban J connectivity index is 1.42. The monoisotopic (exact) mass is 499 g/mol. The number of rotatable bonds is 7. The number of carboxylic acid groups (broad SMARTS) is 1. The summed E-state index contributed by atoms with van der Waals surface area (Å²) in [5, 5.41) is 9.56. The zero-order valence-corrected chi connectivity index (χ0v) is 21.0. The number of carbonyl (C=O) groups is 2. The molecule has 2 aliphatic rings. The van der Waals surface area contributed by atoms with Crippen LogP contribution >= 0.6 is 0 Å². The van der Waals surface area contributed by atoms with Crippen molar-refractivity contribution in [3.8, 4) is 22.6 Å². The second-order valence-electron chi connectivity index (χ2n) is 9.96. The molecule has 1 saturated carbocycles. The SMILES string of the molecule is O=C(O)C(=O)N(Cc1ccccc1)CC(c1ccc(-c2ccc3c(c2)OCCO3)cc1)C1CCCCC1. The number of amides is 1. The minimum Gasteiger partial charge on any atom is -0.486 e. The number of carboxylic acids is 1. The number of benzene rings is 3. The summed E-state index contributed by atoms with van der Waals surface area (Å²) < 4.78 is 11.4. The molecule has 37 heavy (non-hydrogen) atoms. The van der Waals surface area contributed by atoms with E-state index in [9.17, 15) is 14.7 Å². The number of aliphatic carboxylic acids is 1. The third-order valence-corrected chi connectivity index (χ3v) is 7.54. The van der Waals surface area contributed by atoms with Gasteiger partial charge in [-0.1, -0.05) is 79.9 Å². The van der Waals surface area contributed by atoms with E-state index in [2.05, 4.69) is 24.3 Å². The van der Waals surface area contributed by atoms with Crippen LogP contribution in [0, 0.1) is 5.92 Å². The lowest BCUT2D eigenvalue weighted by molar-refractivity contribution is -0.156. The summed E-state index contributed by atoms with van der Waals surface area (Å²) in [6, 6.07) is 24.1. The van der Waals surface area contributed by atoms with Gasteiger partial charge in [0.2, 0.25) is 0 Å². The Bertz CT molecular complexity index is 1220. The minimum absolute atomic E-state index is 0.0710. The summed E-state index contributed by atoms with van der Waals surface area (Å²) in [4.78, 5) is 26.0. The number of carbonyl (C=O) groups excluding carboxylic acids is 1. The molecule has 1 heterocycles. The molecule has 3 aromatic carbocycles. The maximum atomic E-state index is 12.8. The largest absolute Gasteiger partial charge is 0.486 e. The first-order valence-electron chi connectivity index (χ1n) is 13.1. The van der Waals surface area contributed by atoms with Gasteiger partial charge in [-0.2, -0.15) is 0 Å². The average Bonchev–Trinajstić information content (AvgIpc) is 2.95. The van der Waals surface area contributed by atoms with E-state index in [1.807, 2.05) is 48.5 Å². The molecule has 3 aromatic rings. The van der Waals surface area contributed by atoms with Gasteiger partial charge in [0.1, 0.15) is 13.2 Å². The second kappa shape index (κ2) is 11.5. The minimum atomic E-state index is -1.41. The summed E-state index contributed by atoms with van der Waals surface area (Å²) in [5.41, 5.74) is 4.19. The van der Waals surface area contributed by atoms with E-state index in [-0.39, 0.29) is 12.5 Å². The molecule has 6 heteroatoms. The van der Waals surface area contributed by atoms with Crippen molar-refractivity contribution < 1.29 is 24.2 Å². The summed E-state index contributed by atoms with van der Waals surface area (Å²) in [5.74, 6) is -0.248. The van der Waals surface area contributed by atoms with E-state index in [4.69, 9.17) is 9.47 Å². The van der Waals surface area contributed by atoms with Crippen molar-refractivity contribution in [2.24, 2.45) is 5.92 Å². The fraction of sp³-hybridized carbons (Fsp3) is 0.355. The van der Waals surface area contributed by atoms with Gasteiger partial charge in [0, 0.05) is 19.0 Å². The van der Waals surface area contributed by atoms with E-state index < -0.39 is 11.9 Å². The van der Waals surface area contributed by atoms with E-state index in [0.29, 0.717) is 25.7 Å². The zero-order valence-electron chi connectivity index (χ0n) is 21.0. The first-order valence-corrected chi connectivity index (χ1v) is 13.1. The van der Waals surface area contributed by atoms with Crippen molar-refractivity contribution in [3.63, 3.8) is 0 Å². The van der Waals surface area contributed by atoms with Gasteiger partial charge in [-0.25, -0.2) is 4.79 Å². The molecule has 0 bridgehead atoms. The van der Waals surface area contributed by atoms with Crippen LogP contribution in [-0.2, 0) is 16.1 Å². The molecule has 1 fully saturated rings. The molecule has 0 saturated heterocycles. The van der Waals surface area contributed by atoms with Crippen molar-refractivity contribution in [2.45, 2.75) is 44.6 Å². The smallest absolute Gasteiger partial charge is 0.394 e. The van der Waals surface area contributed by atoms with E-state index in [1.165, 1.54) is 24.2 Å². The summed E-state index contributed by atoms with van der Waals surface area (Å²) in [7, 11) is 0. The molecule has 0 aromatic heterocycles. The summed E-state index contributed by atoms with van der Waals surface area (Å²) in [6.45, 7) is 1.78. The highest BCUT2D eigenvalue weighted by molar-refractivity contribution is 6.31. The molecule has 1 aliphatic carbocycles. The lowest BCUT2D eigenvalue weighted by atomic mass is 9.76. The summed E-state index contributed by atoms with van der Waals surface area (Å²) in [6.07, 6.45) is 5.75. The number of hydrogen-bond donors (Lipinski definition) is 1. The molecule has 1 aliphatic heterocycles. The van der Waals surface area contributed by atoms with Crippen LogP contribution in [0.3, 0.4) is 0 Å². The molecule has 1 amide bonds. The maximum Gasteiger partial charge on any atom is 0.394 e. The molecule has 1 atom stereocenters. The van der Waals surface area contributed by atoms with E-state index in [0.717, 1.165) is 46.6 Å². The van der Waals surface area contributed by atoms with Crippen LogP contribution in [0.2, 0.25) is 0 Å². The predicted octanol–water partition coefficient (Wildman–Crippen LogP) is 5.90. The van der Waals surface area contributed by atoms with Gasteiger partial charge < -0.3 is 19.5 Å². The molecule has 192 valence electrons. The lowest BCUT2D eigenvalue weighted by Crippen LogP contribution is -2.40. The summed E-state index contributed by atoms with van der Waals surface area (Å²) >= 11 is 0. The van der Waals surface area contributed by atoms with Gasteiger partial charge in [0.15, 0.2) is 11.5 Å². The quantitative estimate of drug-likeness (QED) is 0.410. The van der Waals surface area contributed by atoms with Crippen LogP contribution in [0.5, 0.6) is 11.5 Å². The van der Waals surface area contributed by atoms with Gasteiger partial charge in [0.05, 0.1) is 0 Å². The van der Waals surface area contributed by atoms with Crippen molar-refractivity contribution >= 4 is 11.9 Å².